The van der Waals surface area contributed by atoms with E-state index in [2.05, 4.69) is 64.6 Å². The van der Waals surface area contributed by atoms with Crippen molar-refractivity contribution in [3.63, 3.8) is 0 Å². The Morgan fingerprint density at radius 3 is 2.72 bits per heavy atom. The number of carbonyl (C=O) groups is 1. The molecule has 10 nitrogen and oxygen atoms in total. The molecule has 3 heterocycles. The zero-order valence-electron chi connectivity index (χ0n) is 18.5. The number of nitrogens with zero attached hydrogens (tertiary/aromatic N) is 5. The van der Waals surface area contributed by atoms with Gasteiger partial charge in [-0.1, -0.05) is 5.92 Å². The number of rotatable bonds is 7. The Balaban J connectivity index is 1.29. The van der Waals surface area contributed by atoms with Crippen molar-refractivity contribution in [1.82, 2.24) is 24.6 Å². The van der Waals surface area contributed by atoms with Crippen LogP contribution in [-0.2, 0) is 9.32 Å². The van der Waals surface area contributed by atoms with E-state index in [4.69, 9.17) is 9.26 Å². The van der Waals surface area contributed by atoms with E-state index < -0.39 is 5.91 Å². The van der Waals surface area contributed by atoms with E-state index in [0.717, 1.165) is 16.6 Å². The number of anilines is 3. The molecule has 2 aromatic carbocycles. The Hall–Kier alpha value is -3.85. The largest absolute Gasteiger partial charge is 0.457 e. The van der Waals surface area contributed by atoms with E-state index in [1.165, 1.54) is 12.7 Å². The minimum Gasteiger partial charge on any atom is -0.457 e. The Bertz CT molecular complexity index is 1600. The number of hydrogen-bond donors (Lipinski definition) is 2. The minimum absolute atomic E-state index is 0.218. The Morgan fingerprint density at radius 2 is 1.86 bits per heavy atom. The summed E-state index contributed by atoms with van der Waals surface area (Å²) < 4.78 is 12.7. The molecule has 0 spiro atoms. The van der Waals surface area contributed by atoms with Crippen LogP contribution >= 0.6 is 28.5 Å². The molecule has 0 bridgehead atoms. The molecule has 0 aliphatic heterocycles. The molecule has 1 atom stereocenters. The molecule has 1 amide bonds. The number of halogens is 1. The summed E-state index contributed by atoms with van der Waals surface area (Å²) in [6, 6.07) is 16.5. The van der Waals surface area contributed by atoms with Gasteiger partial charge in [0.1, 0.15) is 36.6 Å². The Labute approximate surface area is 220 Å². The standard InChI is InChI=1S/C24H17IN7O3P/c25-36-34-11-1-2-23(33)30-17-5-8-21-20(12-17)24(28-14-26-21)31-16-3-6-18(7-4-16)35-19-9-10-32-22(13-19)27-15-29-32/h3-10,12-15,36H,11H2,(H,30,33)(H,26,28,31). The van der Waals surface area contributed by atoms with Crippen molar-refractivity contribution in [3.05, 3.63) is 73.4 Å². The van der Waals surface area contributed by atoms with Gasteiger partial charge in [-0.25, -0.2) is 19.5 Å². The highest BCUT2D eigenvalue weighted by molar-refractivity contribution is 14.2. The van der Waals surface area contributed by atoms with Gasteiger partial charge in [-0.15, -0.1) is 0 Å². The third kappa shape index (κ3) is 5.85. The average molecular weight is 609 g/mol. The van der Waals surface area contributed by atoms with E-state index in [9.17, 15) is 4.79 Å². The number of hydrogen-bond acceptors (Lipinski definition) is 8. The zero-order chi connectivity index (χ0) is 24.7. The molecule has 3 aromatic heterocycles. The molecule has 5 rings (SSSR count). The molecular formula is C24H17IN7O3P. The lowest BCUT2D eigenvalue weighted by atomic mass is 10.2. The van der Waals surface area contributed by atoms with Crippen molar-refractivity contribution in [1.29, 1.82) is 0 Å². The highest BCUT2D eigenvalue weighted by Crippen LogP contribution is 2.28. The molecule has 0 aliphatic rings. The SMILES string of the molecule is O=C(C#CCOPI)Nc1ccc2ncnc(Nc3ccc(Oc4ccn5ncnc5c4)cc3)c2c1. The number of ether oxygens (including phenoxy) is 1. The van der Waals surface area contributed by atoms with Crippen LogP contribution in [0.15, 0.2) is 73.4 Å². The van der Waals surface area contributed by atoms with Gasteiger partial charge in [0.25, 0.3) is 5.91 Å². The van der Waals surface area contributed by atoms with E-state index >= 15 is 0 Å². The molecule has 0 fully saturated rings. The predicted molar refractivity (Wildman–Crippen MR) is 147 cm³/mol. The highest BCUT2D eigenvalue weighted by atomic mass is 127. The number of pyridine rings is 1. The third-order valence-corrected chi connectivity index (χ3v) is 6.09. The Morgan fingerprint density at radius 1 is 1.00 bits per heavy atom. The number of amides is 1. The monoisotopic (exact) mass is 609 g/mol. The van der Waals surface area contributed by atoms with Crippen LogP contribution in [0.4, 0.5) is 17.2 Å². The van der Waals surface area contributed by atoms with E-state index in [0.29, 0.717) is 35.1 Å². The van der Waals surface area contributed by atoms with Crippen molar-refractivity contribution in [2.24, 2.45) is 0 Å². The van der Waals surface area contributed by atoms with Gasteiger partial charge in [0.05, 0.1) is 12.0 Å². The summed E-state index contributed by atoms with van der Waals surface area (Å²) in [4.78, 5) is 25.0. The first kappa shape index (κ1) is 23.9. The lowest BCUT2D eigenvalue weighted by Crippen LogP contribution is -2.08. The molecule has 0 saturated heterocycles. The van der Waals surface area contributed by atoms with Crippen LogP contribution in [-0.4, -0.2) is 37.1 Å². The number of nitrogens with one attached hydrogen (secondary N) is 2. The first-order valence-corrected chi connectivity index (χ1v) is 14.6. The molecule has 1 unspecified atom stereocenters. The molecule has 36 heavy (non-hydrogen) atoms. The number of benzene rings is 2. The molecule has 0 aliphatic carbocycles. The average Bonchev–Trinajstić information content (AvgIpc) is 3.36. The maximum atomic E-state index is 12.1. The normalized spacial score (nSPS) is 10.9. The smallest absolute Gasteiger partial charge is 0.300 e. The lowest BCUT2D eigenvalue weighted by Gasteiger charge is -2.11. The van der Waals surface area contributed by atoms with Gasteiger partial charge in [-0.3, -0.25) is 4.79 Å². The summed E-state index contributed by atoms with van der Waals surface area (Å²) in [5.41, 5.74) is 2.84. The van der Waals surface area contributed by atoms with Crippen LogP contribution in [0.25, 0.3) is 16.6 Å². The summed E-state index contributed by atoms with van der Waals surface area (Å²) in [5.74, 6) is 6.71. The van der Waals surface area contributed by atoms with Gasteiger partial charge < -0.3 is 19.9 Å². The number of carbonyl (C=O) groups excluding carboxylic acids is 1. The zero-order valence-corrected chi connectivity index (χ0v) is 21.6. The summed E-state index contributed by atoms with van der Waals surface area (Å²) in [5, 5.41) is 10.9. The van der Waals surface area contributed by atoms with Crippen molar-refractivity contribution < 1.29 is 14.1 Å². The van der Waals surface area contributed by atoms with Gasteiger partial charge in [0.15, 0.2) is 5.65 Å². The van der Waals surface area contributed by atoms with Crippen LogP contribution < -0.4 is 15.4 Å². The second kappa shape index (κ2) is 11.3. The van der Waals surface area contributed by atoms with E-state index in [1.807, 2.05) is 42.5 Å². The fraction of sp³-hybridized carbons (Fsp3) is 0.0417. The maximum absolute atomic E-state index is 12.1. The van der Waals surface area contributed by atoms with Gasteiger partial charge in [0.2, 0.25) is 0 Å². The number of aromatic nitrogens is 5. The minimum atomic E-state index is -0.417. The summed E-state index contributed by atoms with van der Waals surface area (Å²) in [6.45, 7) is 0.520. The molecule has 2 N–H and O–H groups in total. The number of fused-ring (bicyclic) bond motifs is 2. The summed E-state index contributed by atoms with van der Waals surface area (Å²) in [7, 11) is 0. The molecular weight excluding hydrogens is 592 g/mol. The van der Waals surface area contributed by atoms with Gasteiger partial charge in [-0.05, 0) is 76.5 Å². The van der Waals surface area contributed by atoms with Crippen molar-refractivity contribution in [2.45, 2.75) is 0 Å². The fourth-order valence-electron chi connectivity index (χ4n) is 3.32. The Kier molecular flexibility index (Phi) is 7.47. The lowest BCUT2D eigenvalue weighted by molar-refractivity contribution is -0.111. The van der Waals surface area contributed by atoms with Crippen LogP contribution in [0.3, 0.4) is 0 Å². The third-order valence-electron chi connectivity index (χ3n) is 4.90. The second-order valence-electron chi connectivity index (χ2n) is 7.25. The first-order chi connectivity index (χ1) is 17.7. The van der Waals surface area contributed by atoms with Gasteiger partial charge in [0, 0.05) is 29.0 Å². The quantitative estimate of drug-likeness (QED) is 0.113. The predicted octanol–water partition coefficient (Wildman–Crippen LogP) is 5.11. The second-order valence-corrected chi connectivity index (χ2v) is 9.02. The van der Waals surface area contributed by atoms with Crippen molar-refractivity contribution in [3.8, 4) is 23.3 Å². The van der Waals surface area contributed by atoms with Crippen LogP contribution in [0.5, 0.6) is 11.5 Å². The van der Waals surface area contributed by atoms with Crippen LogP contribution in [0.2, 0.25) is 0 Å². The van der Waals surface area contributed by atoms with Gasteiger partial charge >= 0.3 is 0 Å². The van der Waals surface area contributed by atoms with Crippen molar-refractivity contribution >= 4 is 68.1 Å². The molecule has 0 saturated carbocycles. The van der Waals surface area contributed by atoms with E-state index in [-0.39, 0.29) is 6.61 Å². The summed E-state index contributed by atoms with van der Waals surface area (Å²) in [6.07, 6.45) is 4.77. The fourth-order valence-corrected chi connectivity index (χ4v) is 3.91. The van der Waals surface area contributed by atoms with Crippen molar-refractivity contribution in [2.75, 3.05) is 17.2 Å². The highest BCUT2D eigenvalue weighted by Gasteiger charge is 2.08. The molecule has 12 heteroatoms. The topological polar surface area (TPSA) is 116 Å². The van der Waals surface area contributed by atoms with Crippen LogP contribution in [0.1, 0.15) is 0 Å². The van der Waals surface area contributed by atoms with E-state index in [1.54, 1.807) is 22.8 Å². The molecule has 178 valence electrons. The maximum Gasteiger partial charge on any atom is 0.300 e. The molecule has 0 radical (unpaired) electrons. The molecule has 5 aromatic rings. The van der Waals surface area contributed by atoms with Crippen LogP contribution in [0, 0.1) is 11.8 Å². The first-order valence-electron chi connectivity index (χ1n) is 10.5. The summed E-state index contributed by atoms with van der Waals surface area (Å²) >= 11 is 2.10. The van der Waals surface area contributed by atoms with Gasteiger partial charge in [-0.2, -0.15) is 5.10 Å².